The Balaban J connectivity index is 1.15. The minimum absolute atomic E-state index is 0.180. The third-order valence-corrected chi connectivity index (χ3v) is 10.4. The van der Waals surface area contributed by atoms with Gasteiger partial charge in [0, 0.05) is 57.0 Å². The predicted octanol–water partition coefficient (Wildman–Crippen LogP) is 5.56. The van der Waals surface area contributed by atoms with Crippen molar-refractivity contribution in [2.24, 2.45) is 0 Å². The zero-order valence-electron chi connectivity index (χ0n) is 26.1. The minimum Gasteiger partial charge on any atom is -0.438 e. The zero-order chi connectivity index (χ0) is 31.6. The summed E-state index contributed by atoms with van der Waals surface area (Å²) in [7, 11) is 0. The number of nitrogens with zero attached hydrogens (tertiary/aromatic N) is 3. The normalized spacial score (nSPS) is 21.1. The minimum atomic E-state index is -0.998. The number of nitrogens with two attached hydrogens (primary N) is 1. The van der Waals surface area contributed by atoms with Crippen molar-refractivity contribution in [1.82, 2.24) is 14.7 Å². The van der Waals surface area contributed by atoms with E-state index < -0.39 is 23.9 Å². The summed E-state index contributed by atoms with van der Waals surface area (Å²) in [4.78, 5) is 46.1. The van der Waals surface area contributed by atoms with E-state index in [1.807, 2.05) is 42.2 Å². The molecule has 4 aliphatic rings. The Hall–Kier alpha value is -3.50. The highest BCUT2D eigenvalue weighted by Crippen LogP contribution is 2.43. The highest BCUT2D eigenvalue weighted by molar-refractivity contribution is 6.33. The van der Waals surface area contributed by atoms with Crippen molar-refractivity contribution in [3.8, 4) is 0 Å². The van der Waals surface area contributed by atoms with Crippen molar-refractivity contribution in [2.75, 3.05) is 50.3 Å². The van der Waals surface area contributed by atoms with E-state index in [0.29, 0.717) is 62.2 Å². The third-order valence-electron chi connectivity index (χ3n) is 10.1. The van der Waals surface area contributed by atoms with Gasteiger partial charge in [-0.15, -0.1) is 0 Å². The maximum atomic E-state index is 14.0. The Morgan fingerprint density at radius 2 is 1.76 bits per heavy atom. The molecule has 3 N–H and O–H groups in total. The number of hydrogen-bond donors (Lipinski definition) is 2. The highest BCUT2D eigenvalue weighted by Gasteiger charge is 2.46. The summed E-state index contributed by atoms with van der Waals surface area (Å²) in [6.07, 6.45) is 5.35. The molecule has 4 aliphatic heterocycles. The number of aryl methyl sites for hydroxylation is 1. The van der Waals surface area contributed by atoms with Gasteiger partial charge < -0.3 is 29.9 Å². The van der Waals surface area contributed by atoms with Gasteiger partial charge in [0.1, 0.15) is 5.60 Å². The van der Waals surface area contributed by atoms with Crippen LogP contribution in [0.5, 0.6) is 0 Å². The molecule has 45 heavy (non-hydrogen) atoms. The summed E-state index contributed by atoms with van der Waals surface area (Å²) in [6.45, 7) is 6.21. The molecule has 0 saturated carbocycles. The topological polar surface area (TPSA) is 117 Å². The van der Waals surface area contributed by atoms with Gasteiger partial charge >= 0.3 is 12.2 Å². The molecular weight excluding hydrogens is 594 g/mol. The molecule has 3 amide bonds. The fourth-order valence-corrected chi connectivity index (χ4v) is 7.72. The monoisotopic (exact) mass is 637 g/mol. The van der Waals surface area contributed by atoms with Crippen molar-refractivity contribution >= 4 is 41.1 Å². The number of halogens is 1. The molecule has 1 spiro atoms. The summed E-state index contributed by atoms with van der Waals surface area (Å²) in [6, 6.07) is 11.8. The van der Waals surface area contributed by atoms with E-state index >= 15 is 0 Å². The van der Waals surface area contributed by atoms with Crippen LogP contribution in [0.2, 0.25) is 5.02 Å². The maximum absolute atomic E-state index is 14.0. The molecule has 2 aromatic rings. The van der Waals surface area contributed by atoms with Gasteiger partial charge in [-0.1, -0.05) is 49.2 Å². The number of fused-ring (bicyclic) bond motifs is 2. The number of carbonyl (C=O) groups excluding carboxylic acids is 3. The molecule has 11 heteroatoms. The standard InChI is InChI=1S/C34H44ClN5O5/c1-2-24-20-23(21-27(35)30(24)36)22-29(31(41)39-16-10-25(11-17-39)38-14-6-3-7-15-38)44-33(43)40-18-12-34(13-19-40)26-8-4-5-9-28(26)37-32(42)45-34/h4-5,8-9,20-21,25,29H,2-3,6-7,10-19,22,36H2,1H3,(H,37,42)/t29-/m1/s1. The summed E-state index contributed by atoms with van der Waals surface area (Å²) >= 11 is 6.46. The number of nitrogen functional groups attached to an aromatic ring is 1. The second-order valence-corrected chi connectivity index (χ2v) is 13.2. The zero-order valence-corrected chi connectivity index (χ0v) is 26.8. The number of benzene rings is 2. The van der Waals surface area contributed by atoms with Crippen molar-refractivity contribution in [2.45, 2.75) is 82.5 Å². The van der Waals surface area contributed by atoms with Gasteiger partial charge in [0.05, 0.1) is 16.4 Å². The number of likely N-dealkylation sites (tertiary alicyclic amines) is 3. The summed E-state index contributed by atoms with van der Waals surface area (Å²) < 4.78 is 11.9. The first-order valence-corrected chi connectivity index (χ1v) is 16.8. The second-order valence-electron chi connectivity index (χ2n) is 12.8. The fourth-order valence-electron chi connectivity index (χ4n) is 7.45. The van der Waals surface area contributed by atoms with Crippen molar-refractivity contribution < 1.29 is 23.9 Å². The van der Waals surface area contributed by atoms with Gasteiger partial charge in [-0.3, -0.25) is 10.1 Å². The molecule has 0 radical (unpaired) electrons. The van der Waals surface area contributed by atoms with Crippen LogP contribution < -0.4 is 11.1 Å². The van der Waals surface area contributed by atoms with Gasteiger partial charge in [0.25, 0.3) is 5.91 Å². The van der Waals surface area contributed by atoms with Crippen LogP contribution in [-0.4, -0.2) is 84.2 Å². The molecule has 1 atom stereocenters. The molecule has 0 unspecified atom stereocenters. The van der Waals surface area contributed by atoms with Crippen LogP contribution in [0.25, 0.3) is 0 Å². The van der Waals surface area contributed by atoms with E-state index in [1.165, 1.54) is 19.3 Å². The largest absolute Gasteiger partial charge is 0.438 e. The maximum Gasteiger partial charge on any atom is 0.412 e. The van der Waals surface area contributed by atoms with E-state index in [9.17, 15) is 14.4 Å². The number of carbonyl (C=O) groups is 3. The van der Waals surface area contributed by atoms with Gasteiger partial charge in [0.2, 0.25) is 0 Å². The van der Waals surface area contributed by atoms with E-state index in [2.05, 4.69) is 10.2 Å². The molecular formula is C34H44ClN5O5. The van der Waals surface area contributed by atoms with Crippen LogP contribution in [0.15, 0.2) is 36.4 Å². The molecule has 4 heterocycles. The lowest BCUT2D eigenvalue weighted by Gasteiger charge is -2.44. The van der Waals surface area contributed by atoms with Crippen LogP contribution in [-0.2, 0) is 32.7 Å². The number of nitrogens with one attached hydrogen (secondary N) is 1. The summed E-state index contributed by atoms with van der Waals surface area (Å²) in [5.41, 5.74) is 9.25. The third kappa shape index (κ3) is 6.72. The quantitative estimate of drug-likeness (QED) is 0.398. The SMILES string of the molecule is CCc1cc(C[C@@H](OC(=O)N2CCC3(CC2)OC(=O)Nc2ccccc23)C(=O)N2CCC(N3CCCCC3)CC2)cc(Cl)c1N. The van der Waals surface area contributed by atoms with Crippen molar-refractivity contribution in [3.63, 3.8) is 0 Å². The van der Waals surface area contributed by atoms with Crippen LogP contribution in [0.3, 0.4) is 0 Å². The first-order valence-electron chi connectivity index (χ1n) is 16.4. The fraction of sp³-hybridized carbons (Fsp3) is 0.559. The van der Waals surface area contributed by atoms with E-state index in [1.54, 1.807) is 11.0 Å². The molecule has 3 fully saturated rings. The van der Waals surface area contributed by atoms with E-state index in [4.69, 9.17) is 26.8 Å². The average Bonchev–Trinajstić information content (AvgIpc) is 3.06. The number of ether oxygens (including phenoxy) is 2. The number of amides is 3. The Morgan fingerprint density at radius 1 is 1.04 bits per heavy atom. The van der Waals surface area contributed by atoms with Gasteiger partial charge in [0.15, 0.2) is 6.10 Å². The first kappa shape index (κ1) is 31.5. The molecule has 0 aliphatic carbocycles. The molecule has 2 aromatic carbocycles. The Labute approximate surface area is 270 Å². The lowest BCUT2D eigenvalue weighted by molar-refractivity contribution is -0.142. The van der Waals surface area contributed by atoms with E-state index in [-0.39, 0.29) is 12.3 Å². The van der Waals surface area contributed by atoms with Gasteiger partial charge in [-0.05, 0) is 68.5 Å². The summed E-state index contributed by atoms with van der Waals surface area (Å²) in [5, 5.41) is 3.20. The molecule has 0 aromatic heterocycles. The average molecular weight is 638 g/mol. The van der Waals surface area contributed by atoms with Crippen LogP contribution in [0.1, 0.15) is 68.6 Å². The highest BCUT2D eigenvalue weighted by atomic mass is 35.5. The van der Waals surface area contributed by atoms with Crippen molar-refractivity contribution in [1.29, 1.82) is 0 Å². The Kier molecular flexibility index (Phi) is 9.42. The number of piperidine rings is 3. The molecule has 10 nitrogen and oxygen atoms in total. The lowest BCUT2D eigenvalue weighted by Crippen LogP contribution is -2.53. The van der Waals surface area contributed by atoms with Gasteiger partial charge in [-0.25, -0.2) is 9.59 Å². The van der Waals surface area contributed by atoms with Gasteiger partial charge in [-0.2, -0.15) is 0 Å². The van der Waals surface area contributed by atoms with Crippen LogP contribution in [0, 0.1) is 0 Å². The number of anilines is 2. The van der Waals surface area contributed by atoms with Crippen molar-refractivity contribution in [3.05, 3.63) is 58.1 Å². The second kappa shape index (κ2) is 13.5. The van der Waals surface area contributed by atoms with Crippen LogP contribution >= 0.6 is 11.6 Å². The lowest BCUT2D eigenvalue weighted by atomic mass is 9.82. The molecule has 242 valence electrons. The molecule has 0 bridgehead atoms. The van der Waals surface area contributed by atoms with E-state index in [0.717, 1.165) is 48.3 Å². The number of para-hydroxylation sites is 1. The number of rotatable bonds is 6. The first-order chi connectivity index (χ1) is 21.8. The summed E-state index contributed by atoms with van der Waals surface area (Å²) in [5.74, 6) is -0.180. The molecule has 6 rings (SSSR count). The Morgan fingerprint density at radius 3 is 2.47 bits per heavy atom. The smallest absolute Gasteiger partial charge is 0.412 e. The Bertz CT molecular complexity index is 1410. The number of hydrogen-bond acceptors (Lipinski definition) is 7. The predicted molar refractivity (Wildman–Crippen MR) is 173 cm³/mol. The van der Waals surface area contributed by atoms with Crippen LogP contribution in [0.4, 0.5) is 21.0 Å². The molecule has 3 saturated heterocycles.